The van der Waals surface area contributed by atoms with E-state index < -0.39 is 0 Å². The van der Waals surface area contributed by atoms with Crippen molar-refractivity contribution >= 4 is 28.2 Å². The first-order valence-corrected chi connectivity index (χ1v) is 6.26. The number of hydrogen-bond acceptors (Lipinski definition) is 5. The fourth-order valence-corrected chi connectivity index (χ4v) is 3.12. The first-order valence-electron chi connectivity index (χ1n) is 4.56. The highest BCUT2D eigenvalue weighted by Crippen LogP contribution is 2.36. The molecule has 2 aromatic rings. The Bertz CT molecular complexity index is 427. The van der Waals surface area contributed by atoms with Crippen LogP contribution in [0.1, 0.15) is 17.7 Å². The summed E-state index contributed by atoms with van der Waals surface area (Å²) >= 11 is 3.11. The van der Waals surface area contributed by atoms with Gasteiger partial charge in [-0.25, -0.2) is 0 Å². The Labute approximate surface area is 96.7 Å². The minimum Gasteiger partial charge on any atom is -0.374 e. The van der Waals surface area contributed by atoms with Crippen molar-refractivity contribution in [1.29, 1.82) is 0 Å². The molecule has 15 heavy (non-hydrogen) atoms. The lowest BCUT2D eigenvalue weighted by Crippen LogP contribution is -1.86. The van der Waals surface area contributed by atoms with E-state index in [-0.39, 0.29) is 0 Å². The van der Waals surface area contributed by atoms with Gasteiger partial charge in [-0.1, -0.05) is 53.4 Å². The molecule has 3 nitrogen and oxygen atoms in total. The van der Waals surface area contributed by atoms with Crippen LogP contribution in [0.2, 0.25) is 0 Å². The predicted octanol–water partition coefficient (Wildman–Crippen LogP) is 2.97. The third kappa shape index (κ3) is 2.70. The lowest BCUT2D eigenvalue weighted by Gasteiger charge is -2.08. The second-order valence-corrected chi connectivity index (χ2v) is 5.67. The minimum atomic E-state index is 0.374. The summed E-state index contributed by atoms with van der Waals surface area (Å²) in [6.07, 6.45) is 0. The van der Waals surface area contributed by atoms with Crippen molar-refractivity contribution < 1.29 is 0 Å². The number of benzene rings is 1. The zero-order valence-electron chi connectivity index (χ0n) is 8.25. The van der Waals surface area contributed by atoms with E-state index in [1.165, 1.54) is 16.9 Å². The average Bonchev–Trinajstić information content (AvgIpc) is 2.65. The third-order valence-electron chi connectivity index (χ3n) is 1.97. The number of nitrogens with zero attached hydrogens (tertiary/aromatic N) is 2. The fourth-order valence-electron chi connectivity index (χ4n) is 1.21. The summed E-state index contributed by atoms with van der Waals surface area (Å²) in [5, 5.41) is 8.68. The molecule has 1 atom stereocenters. The molecule has 78 valence electrons. The molecule has 2 rings (SSSR count). The summed E-state index contributed by atoms with van der Waals surface area (Å²) in [5.74, 6) is 0. The predicted molar refractivity (Wildman–Crippen MR) is 65.0 cm³/mol. The maximum absolute atomic E-state index is 5.52. The molecule has 0 saturated carbocycles. The van der Waals surface area contributed by atoms with Crippen molar-refractivity contribution in [3.63, 3.8) is 0 Å². The van der Waals surface area contributed by atoms with Gasteiger partial charge in [-0.3, -0.25) is 0 Å². The van der Waals surface area contributed by atoms with Gasteiger partial charge in [0.05, 0.1) is 0 Å². The molecule has 0 aliphatic carbocycles. The van der Waals surface area contributed by atoms with Crippen LogP contribution >= 0.6 is 23.1 Å². The molecule has 5 heteroatoms. The molecule has 1 aromatic heterocycles. The van der Waals surface area contributed by atoms with E-state index in [1.807, 2.05) is 18.2 Å². The Hall–Kier alpha value is -1.07. The molecule has 0 fully saturated rings. The topological polar surface area (TPSA) is 51.8 Å². The average molecular weight is 237 g/mol. The van der Waals surface area contributed by atoms with Crippen LogP contribution in [0.15, 0.2) is 34.7 Å². The number of nitrogen functional groups attached to an aromatic ring is 1. The van der Waals surface area contributed by atoms with E-state index in [2.05, 4.69) is 29.3 Å². The largest absolute Gasteiger partial charge is 0.374 e. The number of rotatable bonds is 3. The normalized spacial score (nSPS) is 12.6. The number of thioether (sulfide) groups is 1. The van der Waals surface area contributed by atoms with Crippen molar-refractivity contribution in [3.8, 4) is 0 Å². The SMILES string of the molecule is CC(Sc1nnc(N)s1)c1ccccc1. The van der Waals surface area contributed by atoms with Crippen molar-refractivity contribution in [1.82, 2.24) is 10.2 Å². The maximum atomic E-state index is 5.52. The Balaban J connectivity index is 2.07. The summed E-state index contributed by atoms with van der Waals surface area (Å²) in [6.45, 7) is 2.15. The second-order valence-electron chi connectivity index (χ2n) is 3.08. The fraction of sp³-hybridized carbons (Fsp3) is 0.200. The molecule has 0 aliphatic heterocycles. The number of anilines is 1. The summed E-state index contributed by atoms with van der Waals surface area (Å²) in [7, 11) is 0. The molecule has 0 spiro atoms. The van der Waals surface area contributed by atoms with Crippen LogP contribution in [-0.2, 0) is 0 Å². The highest BCUT2D eigenvalue weighted by atomic mass is 32.2. The van der Waals surface area contributed by atoms with E-state index in [0.29, 0.717) is 10.4 Å². The molecule has 1 aromatic carbocycles. The Kier molecular flexibility index (Phi) is 3.23. The van der Waals surface area contributed by atoms with Crippen LogP contribution in [0, 0.1) is 0 Å². The summed E-state index contributed by atoms with van der Waals surface area (Å²) in [4.78, 5) is 0. The van der Waals surface area contributed by atoms with Gasteiger partial charge in [0, 0.05) is 5.25 Å². The van der Waals surface area contributed by atoms with E-state index in [4.69, 9.17) is 5.73 Å². The first kappa shape index (κ1) is 10.4. The monoisotopic (exact) mass is 237 g/mol. The van der Waals surface area contributed by atoms with Gasteiger partial charge in [-0.05, 0) is 12.5 Å². The third-order valence-corrected chi connectivity index (χ3v) is 3.96. The molecule has 0 radical (unpaired) electrons. The lowest BCUT2D eigenvalue weighted by atomic mass is 10.2. The summed E-state index contributed by atoms with van der Waals surface area (Å²) in [6, 6.07) is 10.3. The van der Waals surface area contributed by atoms with Gasteiger partial charge in [-0.15, -0.1) is 10.2 Å². The van der Waals surface area contributed by atoms with Gasteiger partial charge in [-0.2, -0.15) is 0 Å². The van der Waals surface area contributed by atoms with E-state index >= 15 is 0 Å². The number of aromatic nitrogens is 2. The second kappa shape index (κ2) is 4.63. The van der Waals surface area contributed by atoms with Gasteiger partial charge in [0.15, 0.2) is 4.34 Å². The van der Waals surface area contributed by atoms with Gasteiger partial charge < -0.3 is 5.73 Å². The van der Waals surface area contributed by atoms with E-state index in [0.717, 1.165) is 4.34 Å². The minimum absolute atomic E-state index is 0.374. The van der Waals surface area contributed by atoms with Crippen LogP contribution in [0.3, 0.4) is 0 Å². The van der Waals surface area contributed by atoms with Crippen LogP contribution in [0.5, 0.6) is 0 Å². The molecular formula is C10H11N3S2. The molecule has 0 bridgehead atoms. The molecular weight excluding hydrogens is 226 g/mol. The summed E-state index contributed by atoms with van der Waals surface area (Å²) < 4.78 is 0.920. The van der Waals surface area contributed by atoms with Crippen molar-refractivity contribution in [3.05, 3.63) is 35.9 Å². The Morgan fingerprint density at radius 1 is 1.27 bits per heavy atom. The highest BCUT2D eigenvalue weighted by Gasteiger charge is 2.10. The van der Waals surface area contributed by atoms with Gasteiger partial charge in [0.25, 0.3) is 0 Å². The van der Waals surface area contributed by atoms with Gasteiger partial charge >= 0.3 is 0 Å². The maximum Gasteiger partial charge on any atom is 0.203 e. The first-order chi connectivity index (χ1) is 7.25. The molecule has 0 aliphatic rings. The number of hydrogen-bond donors (Lipinski definition) is 1. The van der Waals surface area contributed by atoms with Crippen molar-refractivity contribution in [2.24, 2.45) is 0 Å². The molecule has 2 N–H and O–H groups in total. The number of nitrogens with two attached hydrogens (primary N) is 1. The summed E-state index contributed by atoms with van der Waals surface area (Å²) in [5.41, 5.74) is 6.81. The molecule has 1 unspecified atom stereocenters. The Morgan fingerprint density at radius 2 is 2.00 bits per heavy atom. The smallest absolute Gasteiger partial charge is 0.203 e. The van der Waals surface area contributed by atoms with Crippen LogP contribution in [0.4, 0.5) is 5.13 Å². The van der Waals surface area contributed by atoms with E-state index in [1.54, 1.807) is 11.8 Å². The zero-order chi connectivity index (χ0) is 10.7. The van der Waals surface area contributed by atoms with Gasteiger partial charge in [0.1, 0.15) is 0 Å². The van der Waals surface area contributed by atoms with Crippen LogP contribution in [0.25, 0.3) is 0 Å². The standard InChI is InChI=1S/C10H11N3S2/c1-7(8-5-3-2-4-6-8)14-10-13-12-9(11)15-10/h2-7H,1H3,(H2,11,12). The highest BCUT2D eigenvalue weighted by molar-refractivity contribution is 8.01. The van der Waals surface area contributed by atoms with Gasteiger partial charge in [0.2, 0.25) is 5.13 Å². The van der Waals surface area contributed by atoms with Crippen LogP contribution < -0.4 is 5.73 Å². The van der Waals surface area contributed by atoms with Crippen molar-refractivity contribution in [2.45, 2.75) is 16.5 Å². The van der Waals surface area contributed by atoms with Crippen molar-refractivity contribution in [2.75, 3.05) is 5.73 Å². The molecule has 0 amide bonds. The zero-order valence-corrected chi connectivity index (χ0v) is 9.89. The molecule has 0 saturated heterocycles. The molecule has 1 heterocycles. The lowest BCUT2D eigenvalue weighted by molar-refractivity contribution is 1.00. The van der Waals surface area contributed by atoms with E-state index in [9.17, 15) is 0 Å². The van der Waals surface area contributed by atoms with Crippen LogP contribution in [-0.4, -0.2) is 10.2 Å². The quantitative estimate of drug-likeness (QED) is 0.834. The Morgan fingerprint density at radius 3 is 2.60 bits per heavy atom.